The molecule has 0 heterocycles. The monoisotopic (exact) mass is 402 g/mol. The van der Waals surface area contributed by atoms with Crippen LogP contribution in [0.25, 0.3) is 0 Å². The second kappa shape index (κ2) is 8.04. The number of hydrogen-bond acceptors (Lipinski definition) is 5. The van der Waals surface area contributed by atoms with Crippen molar-refractivity contribution in [1.82, 2.24) is 0 Å². The summed E-state index contributed by atoms with van der Waals surface area (Å²) in [6, 6.07) is 6.94. The van der Waals surface area contributed by atoms with Gasteiger partial charge in [-0.15, -0.1) is 0 Å². The van der Waals surface area contributed by atoms with Crippen LogP contribution >= 0.6 is 11.6 Å². The van der Waals surface area contributed by atoms with E-state index in [2.05, 4.69) is 10.1 Å². The highest BCUT2D eigenvalue weighted by atomic mass is 35.5. The summed E-state index contributed by atoms with van der Waals surface area (Å²) in [4.78, 5) is 33.8. The van der Waals surface area contributed by atoms with Crippen LogP contribution in [-0.4, -0.2) is 23.4 Å². The first-order chi connectivity index (χ1) is 12.6. The van der Waals surface area contributed by atoms with E-state index in [1.807, 2.05) is 0 Å². The predicted octanol–water partition coefficient (Wildman–Crippen LogP) is 4.06. The maximum atomic E-state index is 12.6. The molecular formula is C16H10ClF3N2O5. The molecule has 142 valence electrons. The molecule has 2 aromatic carbocycles. The van der Waals surface area contributed by atoms with Crippen molar-refractivity contribution in [2.24, 2.45) is 0 Å². The maximum absolute atomic E-state index is 12.6. The Morgan fingerprint density at radius 3 is 2.52 bits per heavy atom. The van der Waals surface area contributed by atoms with Gasteiger partial charge in [-0.25, -0.2) is 4.79 Å². The van der Waals surface area contributed by atoms with E-state index in [0.717, 1.165) is 30.3 Å². The predicted molar refractivity (Wildman–Crippen MR) is 88.5 cm³/mol. The molecule has 27 heavy (non-hydrogen) atoms. The fourth-order valence-corrected chi connectivity index (χ4v) is 2.16. The van der Waals surface area contributed by atoms with E-state index in [4.69, 9.17) is 11.6 Å². The van der Waals surface area contributed by atoms with E-state index in [-0.39, 0.29) is 10.7 Å². The Kier molecular flexibility index (Phi) is 6.01. The molecule has 1 amide bonds. The highest BCUT2D eigenvalue weighted by Gasteiger charge is 2.31. The first kappa shape index (κ1) is 20.2. The Balaban J connectivity index is 2.03. The molecule has 0 aliphatic carbocycles. The Labute approximate surface area is 154 Å². The number of carbonyl (C=O) groups excluding carboxylic acids is 2. The third-order valence-corrected chi connectivity index (χ3v) is 3.42. The minimum atomic E-state index is -4.64. The number of ether oxygens (including phenoxy) is 1. The number of esters is 1. The summed E-state index contributed by atoms with van der Waals surface area (Å²) in [6.45, 7) is -0.862. The van der Waals surface area contributed by atoms with Gasteiger partial charge < -0.3 is 10.1 Å². The SMILES string of the molecule is O=C(COC(=O)c1cccc(C(F)(F)F)c1)Nc1cc(Cl)ccc1[N+](=O)[O-]. The van der Waals surface area contributed by atoms with Crippen molar-refractivity contribution < 1.29 is 32.4 Å². The zero-order chi connectivity index (χ0) is 20.2. The van der Waals surface area contributed by atoms with E-state index in [9.17, 15) is 32.9 Å². The molecular weight excluding hydrogens is 393 g/mol. The van der Waals surface area contributed by atoms with Crippen molar-refractivity contribution in [2.45, 2.75) is 6.18 Å². The number of anilines is 1. The molecule has 0 aliphatic rings. The standard InChI is InChI=1S/C16H10ClF3N2O5/c17-11-4-5-13(22(25)26)12(7-11)21-14(23)8-27-15(24)9-2-1-3-10(6-9)16(18,19)20/h1-7H,8H2,(H,21,23). The van der Waals surface area contributed by atoms with E-state index in [1.54, 1.807) is 0 Å². The van der Waals surface area contributed by atoms with Gasteiger partial charge in [-0.2, -0.15) is 13.2 Å². The van der Waals surface area contributed by atoms with Crippen LogP contribution in [0.1, 0.15) is 15.9 Å². The molecule has 2 rings (SSSR count). The number of nitrogens with one attached hydrogen (secondary N) is 1. The van der Waals surface area contributed by atoms with Gasteiger partial charge in [0.25, 0.3) is 11.6 Å². The molecule has 0 bridgehead atoms. The van der Waals surface area contributed by atoms with Crippen molar-refractivity contribution in [3.05, 3.63) is 68.7 Å². The number of nitrogens with zero attached hydrogens (tertiary/aromatic N) is 1. The van der Waals surface area contributed by atoms with Crippen LogP contribution in [0.5, 0.6) is 0 Å². The van der Waals surface area contributed by atoms with Crippen LogP contribution in [0.15, 0.2) is 42.5 Å². The van der Waals surface area contributed by atoms with Gasteiger partial charge in [-0.3, -0.25) is 14.9 Å². The summed E-state index contributed by atoms with van der Waals surface area (Å²) in [6.07, 6.45) is -4.64. The number of amides is 1. The van der Waals surface area contributed by atoms with Gasteiger partial charge in [0.2, 0.25) is 0 Å². The van der Waals surface area contributed by atoms with Crippen LogP contribution in [0.4, 0.5) is 24.5 Å². The van der Waals surface area contributed by atoms with E-state index >= 15 is 0 Å². The second-order valence-corrected chi connectivity index (χ2v) is 5.56. The fraction of sp³-hybridized carbons (Fsp3) is 0.125. The zero-order valence-electron chi connectivity index (χ0n) is 13.2. The second-order valence-electron chi connectivity index (χ2n) is 5.12. The Bertz CT molecular complexity index is 902. The van der Waals surface area contributed by atoms with Crippen LogP contribution in [-0.2, 0) is 15.7 Å². The number of alkyl halides is 3. The highest BCUT2D eigenvalue weighted by molar-refractivity contribution is 6.31. The topological polar surface area (TPSA) is 98.5 Å². The van der Waals surface area contributed by atoms with Crippen molar-refractivity contribution in [3.63, 3.8) is 0 Å². The lowest BCUT2D eigenvalue weighted by Gasteiger charge is -2.09. The highest BCUT2D eigenvalue weighted by Crippen LogP contribution is 2.30. The van der Waals surface area contributed by atoms with Gasteiger partial charge in [-0.1, -0.05) is 17.7 Å². The van der Waals surface area contributed by atoms with Crippen LogP contribution < -0.4 is 5.32 Å². The normalized spacial score (nSPS) is 11.0. The molecule has 0 saturated heterocycles. The average molecular weight is 403 g/mol. The maximum Gasteiger partial charge on any atom is 0.416 e. The van der Waals surface area contributed by atoms with Gasteiger partial charge in [0.15, 0.2) is 6.61 Å². The number of nitro benzene ring substituents is 1. The lowest BCUT2D eigenvalue weighted by atomic mass is 10.1. The smallest absolute Gasteiger partial charge is 0.416 e. The number of rotatable bonds is 5. The number of hydrogen-bond donors (Lipinski definition) is 1. The van der Waals surface area contributed by atoms with E-state index < -0.39 is 46.4 Å². The average Bonchev–Trinajstić information content (AvgIpc) is 2.59. The molecule has 0 aromatic heterocycles. The first-order valence-electron chi connectivity index (χ1n) is 7.16. The molecule has 0 fully saturated rings. The largest absolute Gasteiger partial charge is 0.452 e. The molecule has 11 heteroatoms. The third-order valence-electron chi connectivity index (χ3n) is 3.19. The summed E-state index contributed by atoms with van der Waals surface area (Å²) in [5, 5.41) is 13.2. The molecule has 0 atom stereocenters. The third kappa shape index (κ3) is 5.42. The van der Waals surface area contributed by atoms with E-state index in [1.165, 1.54) is 6.07 Å². The molecule has 0 saturated carbocycles. The van der Waals surface area contributed by atoms with Gasteiger partial charge in [0.05, 0.1) is 16.1 Å². The summed E-state index contributed by atoms with van der Waals surface area (Å²) >= 11 is 5.71. The summed E-state index contributed by atoms with van der Waals surface area (Å²) < 4.78 is 42.6. The van der Waals surface area contributed by atoms with Crippen molar-refractivity contribution >= 4 is 34.9 Å². The summed E-state index contributed by atoms with van der Waals surface area (Å²) in [7, 11) is 0. The minimum absolute atomic E-state index is 0.122. The van der Waals surface area contributed by atoms with Gasteiger partial charge in [0, 0.05) is 11.1 Å². The number of halogens is 4. The molecule has 7 nitrogen and oxygen atoms in total. The van der Waals surface area contributed by atoms with Gasteiger partial charge in [-0.05, 0) is 30.3 Å². The lowest BCUT2D eigenvalue weighted by Crippen LogP contribution is -2.21. The van der Waals surface area contributed by atoms with Crippen LogP contribution in [0, 0.1) is 10.1 Å². The van der Waals surface area contributed by atoms with Gasteiger partial charge in [0.1, 0.15) is 5.69 Å². The zero-order valence-corrected chi connectivity index (χ0v) is 14.0. The fourth-order valence-electron chi connectivity index (χ4n) is 1.99. The van der Waals surface area contributed by atoms with Crippen molar-refractivity contribution in [2.75, 3.05) is 11.9 Å². The molecule has 0 spiro atoms. The summed E-state index contributed by atoms with van der Waals surface area (Å²) in [5.41, 5.74) is -2.09. The molecule has 2 aromatic rings. The quantitative estimate of drug-likeness (QED) is 0.462. The lowest BCUT2D eigenvalue weighted by molar-refractivity contribution is -0.383. The number of benzene rings is 2. The molecule has 1 N–H and O–H groups in total. The minimum Gasteiger partial charge on any atom is -0.452 e. The van der Waals surface area contributed by atoms with Gasteiger partial charge >= 0.3 is 12.1 Å². The molecule has 0 unspecified atom stereocenters. The van der Waals surface area contributed by atoms with Crippen LogP contribution in [0.3, 0.4) is 0 Å². The summed E-state index contributed by atoms with van der Waals surface area (Å²) in [5.74, 6) is -2.09. The molecule has 0 radical (unpaired) electrons. The first-order valence-corrected chi connectivity index (χ1v) is 7.54. The number of nitro groups is 1. The number of carbonyl (C=O) groups is 2. The van der Waals surface area contributed by atoms with Crippen molar-refractivity contribution in [1.29, 1.82) is 0 Å². The molecule has 0 aliphatic heterocycles. The van der Waals surface area contributed by atoms with E-state index in [0.29, 0.717) is 6.07 Å². The Morgan fingerprint density at radius 1 is 1.19 bits per heavy atom. The van der Waals surface area contributed by atoms with Crippen molar-refractivity contribution in [3.8, 4) is 0 Å². The Hall–Kier alpha value is -3.14. The van der Waals surface area contributed by atoms with Crippen LogP contribution in [0.2, 0.25) is 5.02 Å². The Morgan fingerprint density at radius 2 is 1.89 bits per heavy atom.